The minimum atomic E-state index is -0.591. The number of imide groups is 1. The van der Waals surface area contributed by atoms with Crippen LogP contribution in [0.15, 0.2) is 28.7 Å². The number of carbonyl (C=O) groups is 2. The fourth-order valence-electron chi connectivity index (χ4n) is 1.73. The first kappa shape index (κ1) is 8.19. The number of rotatable bonds is 0. The number of nitrogens with two attached hydrogens (primary N) is 1. The summed E-state index contributed by atoms with van der Waals surface area (Å²) in [5.41, 5.74) is 0.787. The minimum Gasteiger partial charge on any atom is -0.450 e. The van der Waals surface area contributed by atoms with E-state index >= 15 is 0 Å². The molecule has 0 radical (unpaired) electrons. The summed E-state index contributed by atoms with van der Waals surface area (Å²) < 4.78 is 5.27. The van der Waals surface area contributed by atoms with Gasteiger partial charge in [0.1, 0.15) is 11.1 Å². The normalized spacial score (nSPS) is 15.1. The van der Waals surface area contributed by atoms with Gasteiger partial charge in [-0.15, -0.1) is 0 Å². The van der Waals surface area contributed by atoms with Gasteiger partial charge in [0.25, 0.3) is 5.91 Å². The van der Waals surface area contributed by atoms with Gasteiger partial charge in [-0.1, -0.05) is 18.2 Å². The van der Waals surface area contributed by atoms with Gasteiger partial charge in [-0.3, -0.25) is 9.59 Å². The molecule has 0 fully saturated rings. The van der Waals surface area contributed by atoms with Crippen molar-refractivity contribution in [1.82, 2.24) is 5.01 Å². The maximum absolute atomic E-state index is 11.6. The van der Waals surface area contributed by atoms with Crippen LogP contribution >= 0.6 is 0 Å². The maximum Gasteiger partial charge on any atom is 0.311 e. The van der Waals surface area contributed by atoms with Crippen LogP contribution in [0, 0.1) is 0 Å². The lowest BCUT2D eigenvalue weighted by Crippen LogP contribution is -2.36. The molecule has 5 heteroatoms. The third kappa shape index (κ3) is 0.849. The zero-order chi connectivity index (χ0) is 10.6. The van der Waals surface area contributed by atoms with Gasteiger partial charge < -0.3 is 4.42 Å². The first-order chi connectivity index (χ1) is 7.20. The lowest BCUT2D eigenvalue weighted by atomic mass is 10.1. The van der Waals surface area contributed by atoms with E-state index in [2.05, 4.69) is 0 Å². The van der Waals surface area contributed by atoms with Crippen molar-refractivity contribution in [2.75, 3.05) is 0 Å². The molecule has 2 heterocycles. The third-order valence-electron chi connectivity index (χ3n) is 2.44. The Hall–Kier alpha value is -2.14. The summed E-state index contributed by atoms with van der Waals surface area (Å²) in [7, 11) is 0. The molecule has 1 aromatic carbocycles. The van der Waals surface area contributed by atoms with E-state index in [4.69, 9.17) is 10.3 Å². The Kier molecular flexibility index (Phi) is 1.34. The number of hydrogen-bond acceptors (Lipinski definition) is 4. The van der Waals surface area contributed by atoms with E-state index in [0.717, 1.165) is 0 Å². The quantitative estimate of drug-likeness (QED) is 0.391. The second kappa shape index (κ2) is 2.46. The fourth-order valence-corrected chi connectivity index (χ4v) is 1.73. The number of nitrogens with zero attached hydrogens (tertiary/aromatic N) is 1. The summed E-state index contributed by atoms with van der Waals surface area (Å²) in [6, 6.07) is 6.97. The summed E-state index contributed by atoms with van der Waals surface area (Å²) in [6.07, 6.45) is 0. The Balaban J connectivity index is 2.44. The average Bonchev–Trinajstić information content (AvgIpc) is 2.72. The maximum atomic E-state index is 11.6. The number of benzene rings is 1. The number of para-hydroxylation sites is 1. The Morgan fingerprint density at radius 1 is 1.13 bits per heavy atom. The predicted molar refractivity (Wildman–Crippen MR) is 50.9 cm³/mol. The van der Waals surface area contributed by atoms with Crippen LogP contribution in [0.3, 0.4) is 0 Å². The Bertz CT molecular complexity index is 600. The van der Waals surface area contributed by atoms with Crippen LogP contribution < -0.4 is 5.84 Å². The van der Waals surface area contributed by atoms with Crippen molar-refractivity contribution in [2.45, 2.75) is 0 Å². The van der Waals surface area contributed by atoms with E-state index < -0.39 is 11.8 Å². The predicted octanol–water partition coefficient (Wildman–Crippen LogP) is 0.903. The number of amides is 2. The van der Waals surface area contributed by atoms with E-state index in [1.807, 2.05) is 0 Å². The highest BCUT2D eigenvalue weighted by Gasteiger charge is 2.39. The standard InChI is InChI=1S/C10H6N2O3/c11-12-9(13)7-5-3-1-2-4-6(5)15-8(7)10(12)14/h1-4H,11H2. The second-order valence-electron chi connectivity index (χ2n) is 3.28. The third-order valence-corrected chi connectivity index (χ3v) is 2.44. The van der Waals surface area contributed by atoms with Crippen LogP contribution in [0.1, 0.15) is 20.9 Å². The van der Waals surface area contributed by atoms with Gasteiger partial charge in [-0.25, -0.2) is 10.9 Å². The van der Waals surface area contributed by atoms with E-state index in [9.17, 15) is 9.59 Å². The monoisotopic (exact) mass is 202 g/mol. The molecule has 0 saturated carbocycles. The Morgan fingerprint density at radius 3 is 2.67 bits per heavy atom. The molecule has 0 spiro atoms. The lowest BCUT2D eigenvalue weighted by molar-refractivity contribution is 0.0642. The molecule has 74 valence electrons. The van der Waals surface area contributed by atoms with Crippen LogP contribution in [-0.2, 0) is 0 Å². The number of hydrazine groups is 1. The van der Waals surface area contributed by atoms with Crippen LogP contribution in [-0.4, -0.2) is 16.8 Å². The number of hydrogen-bond donors (Lipinski definition) is 1. The van der Waals surface area contributed by atoms with Gasteiger partial charge in [-0.2, -0.15) is 0 Å². The summed E-state index contributed by atoms with van der Waals surface area (Å²) in [5.74, 6) is 4.21. The molecule has 3 rings (SSSR count). The molecule has 5 nitrogen and oxygen atoms in total. The highest BCUT2D eigenvalue weighted by Crippen LogP contribution is 2.31. The Labute approximate surface area is 84.0 Å². The molecule has 0 bridgehead atoms. The molecule has 0 aliphatic carbocycles. The average molecular weight is 202 g/mol. The summed E-state index contributed by atoms with van der Waals surface area (Å²) in [6.45, 7) is 0. The van der Waals surface area contributed by atoms with Crippen LogP contribution in [0.4, 0.5) is 0 Å². The van der Waals surface area contributed by atoms with Crippen molar-refractivity contribution in [1.29, 1.82) is 0 Å². The van der Waals surface area contributed by atoms with Crippen molar-refractivity contribution in [3.63, 3.8) is 0 Å². The molecule has 2 amide bonds. The molecule has 0 saturated heterocycles. The van der Waals surface area contributed by atoms with Crippen LogP contribution in [0.2, 0.25) is 0 Å². The van der Waals surface area contributed by atoms with Gasteiger partial charge in [0.2, 0.25) is 5.76 Å². The smallest absolute Gasteiger partial charge is 0.311 e. The summed E-state index contributed by atoms with van der Waals surface area (Å²) >= 11 is 0. The van der Waals surface area contributed by atoms with E-state index in [1.54, 1.807) is 24.3 Å². The molecule has 0 unspecified atom stereocenters. The van der Waals surface area contributed by atoms with Gasteiger partial charge in [0, 0.05) is 5.39 Å². The molecule has 2 N–H and O–H groups in total. The summed E-state index contributed by atoms with van der Waals surface area (Å²) in [4.78, 5) is 23.1. The minimum absolute atomic E-state index is 0.0312. The van der Waals surface area contributed by atoms with Crippen molar-refractivity contribution in [3.8, 4) is 0 Å². The SMILES string of the molecule is NN1C(=O)c2oc3ccccc3c2C1=O. The van der Waals surface area contributed by atoms with Gasteiger partial charge in [0.15, 0.2) is 0 Å². The second-order valence-corrected chi connectivity index (χ2v) is 3.28. The van der Waals surface area contributed by atoms with Gasteiger partial charge in [0.05, 0.1) is 0 Å². The number of furan rings is 1. The highest BCUT2D eigenvalue weighted by molar-refractivity contribution is 6.25. The van der Waals surface area contributed by atoms with Crippen LogP contribution in [0.5, 0.6) is 0 Å². The van der Waals surface area contributed by atoms with Crippen molar-refractivity contribution < 1.29 is 14.0 Å². The lowest BCUT2D eigenvalue weighted by Gasteiger charge is -2.03. The molecule has 1 aliphatic heterocycles. The topological polar surface area (TPSA) is 76.5 Å². The molecule has 15 heavy (non-hydrogen) atoms. The fraction of sp³-hybridized carbons (Fsp3) is 0. The molecular weight excluding hydrogens is 196 g/mol. The van der Waals surface area contributed by atoms with Crippen LogP contribution in [0.25, 0.3) is 11.0 Å². The van der Waals surface area contributed by atoms with Crippen molar-refractivity contribution in [2.24, 2.45) is 5.84 Å². The first-order valence-corrected chi connectivity index (χ1v) is 4.35. The molecule has 2 aromatic rings. The van der Waals surface area contributed by atoms with E-state index in [1.165, 1.54) is 0 Å². The molecule has 1 aliphatic rings. The molecular formula is C10H6N2O3. The summed E-state index contributed by atoms with van der Waals surface area (Å²) in [5, 5.41) is 1.19. The van der Waals surface area contributed by atoms with Gasteiger partial charge in [-0.05, 0) is 6.07 Å². The highest BCUT2D eigenvalue weighted by atomic mass is 16.4. The Morgan fingerprint density at radius 2 is 1.87 bits per heavy atom. The van der Waals surface area contributed by atoms with E-state index in [-0.39, 0.29) is 11.3 Å². The van der Waals surface area contributed by atoms with Crippen molar-refractivity contribution >= 4 is 22.8 Å². The number of fused-ring (bicyclic) bond motifs is 3. The van der Waals surface area contributed by atoms with Gasteiger partial charge >= 0.3 is 5.91 Å². The van der Waals surface area contributed by atoms with Crippen molar-refractivity contribution in [3.05, 3.63) is 35.6 Å². The largest absolute Gasteiger partial charge is 0.450 e. The zero-order valence-corrected chi connectivity index (χ0v) is 7.56. The zero-order valence-electron chi connectivity index (χ0n) is 7.56. The molecule has 0 atom stereocenters. The first-order valence-electron chi connectivity index (χ1n) is 4.35. The molecule has 1 aromatic heterocycles. The number of carbonyl (C=O) groups excluding carboxylic acids is 2. The van der Waals surface area contributed by atoms with E-state index in [0.29, 0.717) is 16.0 Å².